The quantitative estimate of drug-likeness (QED) is 0.190. The van der Waals surface area contributed by atoms with Gasteiger partial charge in [-0.25, -0.2) is 0 Å². The van der Waals surface area contributed by atoms with Crippen molar-refractivity contribution in [3.05, 3.63) is 0 Å². The zero-order valence-corrected chi connectivity index (χ0v) is 6.22. The Hall–Kier alpha value is 2.72. The average Bonchev–Trinajstić information content (AvgIpc) is 1.12. The molecule has 0 fully saturated rings. The van der Waals surface area contributed by atoms with Gasteiger partial charge in [0.2, 0.25) is 0 Å². The van der Waals surface area contributed by atoms with Crippen LogP contribution in [0, 0.1) is 0 Å². The molecule has 76 valence electrons. The molecule has 0 rings (SSSR count). The van der Waals surface area contributed by atoms with Gasteiger partial charge in [-0.3, -0.25) is 9.11 Å². The molecule has 0 saturated carbocycles. The van der Waals surface area contributed by atoms with Gasteiger partial charge in [-0.1, -0.05) is 0 Å². The van der Waals surface area contributed by atoms with Crippen molar-refractivity contribution in [3.8, 4) is 0 Å². The summed E-state index contributed by atoms with van der Waals surface area (Å²) in [6.45, 7) is 0. The van der Waals surface area contributed by atoms with Crippen molar-refractivity contribution in [1.82, 2.24) is 0 Å². The molecule has 13 heavy (non-hydrogen) atoms. The summed E-state index contributed by atoms with van der Waals surface area (Å²) >= 11 is 0. The Morgan fingerprint density at radius 3 is 0.923 bits per heavy atom. The van der Waals surface area contributed by atoms with Crippen LogP contribution in [0.5, 0.6) is 0 Å². The van der Waals surface area contributed by atoms with Crippen LogP contribution < -0.4 is 0 Å². The van der Waals surface area contributed by atoms with Crippen LogP contribution in [-0.2, 0) is 10.4 Å². The van der Waals surface area contributed by atoms with Gasteiger partial charge in [-0.05, 0) is 0 Å². The van der Waals surface area contributed by atoms with Crippen LogP contribution >= 0.6 is 0 Å². The molecule has 0 aliphatic carbocycles. The molecule has 0 aliphatic rings. The molecule has 0 atom stereocenters. The van der Waals surface area contributed by atoms with Crippen molar-refractivity contribution >= 4 is 104 Å². The van der Waals surface area contributed by atoms with E-state index >= 15 is 0 Å². The van der Waals surface area contributed by atoms with Crippen LogP contribution in [0.1, 0.15) is 0 Å². The third-order valence-corrected chi connectivity index (χ3v) is 0. The van der Waals surface area contributed by atoms with E-state index in [4.69, 9.17) is 36.7 Å². The molecule has 0 heterocycles. The summed E-state index contributed by atoms with van der Waals surface area (Å²) in [6, 6.07) is 0. The van der Waals surface area contributed by atoms with E-state index in [1.807, 2.05) is 0 Å². The molecule has 0 aromatic heterocycles. The second kappa shape index (κ2) is 12.8. The fourth-order valence-electron chi connectivity index (χ4n) is 0. The number of hydrogen-bond donors (Lipinski definition) is 6. The summed E-state index contributed by atoms with van der Waals surface area (Å²) in [5.41, 5.74) is 0. The van der Waals surface area contributed by atoms with Gasteiger partial charge in [0, 0.05) is 0 Å². The zero-order chi connectivity index (χ0) is 9.00. The Labute approximate surface area is 138 Å². The van der Waals surface area contributed by atoms with Crippen LogP contribution in [0.15, 0.2) is 0 Å². The third kappa shape index (κ3) is 322. The summed E-state index contributed by atoms with van der Waals surface area (Å²) in [7, 11) is -9.28. The van der Waals surface area contributed by atoms with Gasteiger partial charge in [0.25, 0.3) is 0 Å². The van der Waals surface area contributed by atoms with Gasteiger partial charge < -0.3 is 19.2 Å². The molecule has 6 N–H and O–H groups in total. The van der Waals surface area contributed by atoms with Gasteiger partial charge in [0.1, 0.15) is 0 Å². The molecule has 0 amide bonds. The summed E-state index contributed by atoms with van der Waals surface area (Å²) in [4.78, 5) is 29.3. The molecule has 0 saturated heterocycles. The average molecular weight is 290 g/mol. The fraction of sp³-hybridized carbons (Fsp3) is 0. The maximum absolute atomic E-state index is 8.74. The molecule has 0 spiro atoms. The van der Waals surface area contributed by atoms with E-state index in [0.29, 0.717) is 0 Å². The third-order valence-electron chi connectivity index (χ3n) is 0. The van der Waals surface area contributed by atoms with E-state index in [0.717, 1.165) is 0 Å². The Morgan fingerprint density at radius 1 is 0.923 bits per heavy atom. The molecular weight excluding hydrogens is 278 g/mol. The van der Waals surface area contributed by atoms with Crippen LogP contribution in [0.2, 0.25) is 0 Å². The molecule has 0 aromatic rings. The molecule has 8 nitrogen and oxygen atoms in total. The molecule has 0 bridgehead atoms. The zero-order valence-electron chi connectivity index (χ0n) is 4.41. The summed E-state index contributed by atoms with van der Waals surface area (Å²) in [5, 5.41) is 0. The van der Waals surface area contributed by atoms with Crippen molar-refractivity contribution in [3.63, 3.8) is 0 Å². The van der Waals surface area contributed by atoms with Crippen LogP contribution in [-0.4, -0.2) is 130 Å². The SMILES string of the molecule is O=S(=O)(O)O.O[Si](O)(O)O.[AlH3].[CaH2].[NaH]. The van der Waals surface area contributed by atoms with Gasteiger partial charge >= 0.3 is 86.7 Å². The summed E-state index contributed by atoms with van der Waals surface area (Å²) in [6.07, 6.45) is 0. The van der Waals surface area contributed by atoms with E-state index in [9.17, 15) is 0 Å². The van der Waals surface area contributed by atoms with Gasteiger partial charge in [-0.2, -0.15) is 8.42 Å². The van der Waals surface area contributed by atoms with Crippen molar-refractivity contribution in [2.75, 3.05) is 0 Å². The van der Waals surface area contributed by atoms with Crippen molar-refractivity contribution in [2.45, 2.75) is 0 Å². The standard InChI is InChI=1S/Al.Ca.Na.H2O4S.H4O4Si.6H/c;;;2*1-5(2,3)4;;;;;;/h;;;(H2,1,2,3,4);1-4H;;;;;;. The van der Waals surface area contributed by atoms with E-state index in [-0.39, 0.29) is 84.7 Å². The molecule has 0 unspecified atom stereocenters. The van der Waals surface area contributed by atoms with E-state index < -0.39 is 19.4 Å². The second-order valence-corrected chi connectivity index (χ2v) is 3.14. The van der Waals surface area contributed by atoms with E-state index in [2.05, 4.69) is 0 Å². The van der Waals surface area contributed by atoms with Crippen LogP contribution in [0.25, 0.3) is 0 Å². The monoisotopic (exact) mass is 290 g/mol. The first-order valence-corrected chi connectivity index (χ1v) is 4.78. The molecular formula is H12AlCaNaO8SSi. The summed E-state index contributed by atoms with van der Waals surface area (Å²) < 4.78 is 31.6. The fourth-order valence-corrected chi connectivity index (χ4v) is 0. The van der Waals surface area contributed by atoms with Gasteiger partial charge in [0.15, 0.2) is 17.4 Å². The van der Waals surface area contributed by atoms with Crippen molar-refractivity contribution in [1.29, 1.82) is 0 Å². The second-order valence-electron chi connectivity index (χ2n) is 1.05. The first-order chi connectivity index (χ1) is 4.00. The van der Waals surface area contributed by atoms with E-state index in [1.165, 1.54) is 0 Å². The summed E-state index contributed by atoms with van der Waals surface area (Å²) in [5.74, 6) is 0. The van der Waals surface area contributed by atoms with Crippen LogP contribution in [0.4, 0.5) is 0 Å². The Kier molecular flexibility index (Phi) is 29.2. The number of hydrogen-bond acceptors (Lipinski definition) is 6. The minimum atomic E-state index is -4.67. The van der Waals surface area contributed by atoms with Gasteiger partial charge in [0.05, 0.1) is 0 Å². The predicted octanol–water partition coefficient (Wildman–Crippen LogP) is -6.01. The Morgan fingerprint density at radius 2 is 0.923 bits per heavy atom. The molecule has 0 radical (unpaired) electrons. The molecule has 13 heteroatoms. The van der Waals surface area contributed by atoms with Crippen LogP contribution in [0.3, 0.4) is 0 Å². The first kappa shape index (κ1) is 29.6. The topological polar surface area (TPSA) is 156 Å². The Balaban J connectivity index is -0.0000000267. The molecule has 0 aromatic carbocycles. The number of rotatable bonds is 0. The van der Waals surface area contributed by atoms with E-state index in [1.54, 1.807) is 0 Å². The van der Waals surface area contributed by atoms with Crippen molar-refractivity contribution < 1.29 is 36.7 Å². The molecule has 0 aliphatic heterocycles. The predicted molar refractivity (Wildman–Crippen MR) is 54.4 cm³/mol. The first-order valence-electron chi connectivity index (χ1n) is 1.59. The normalized spacial score (nSPS) is 9.08. The minimum absolute atomic E-state index is 0. The Bertz CT molecular complexity index is 159. The maximum atomic E-state index is 8.74. The van der Waals surface area contributed by atoms with Gasteiger partial charge in [-0.15, -0.1) is 0 Å². The van der Waals surface area contributed by atoms with Crippen molar-refractivity contribution in [2.24, 2.45) is 0 Å².